The first-order chi connectivity index (χ1) is 16.2. The lowest BCUT2D eigenvalue weighted by atomic mass is 10.2. The van der Waals surface area contributed by atoms with Crippen molar-refractivity contribution < 1.29 is 9.53 Å². The molecule has 0 saturated carbocycles. The number of carbonyl (C=O) groups is 1. The summed E-state index contributed by atoms with van der Waals surface area (Å²) in [5.74, 6) is 0.431. The molecule has 0 bridgehead atoms. The highest BCUT2D eigenvalue weighted by molar-refractivity contribution is 5.95. The third-order valence-corrected chi connectivity index (χ3v) is 5.17. The largest absolute Gasteiger partial charge is 0.489 e. The van der Waals surface area contributed by atoms with Crippen LogP contribution in [0.5, 0.6) is 5.75 Å². The van der Waals surface area contributed by atoms with Crippen molar-refractivity contribution in [2.45, 2.75) is 6.61 Å². The van der Waals surface area contributed by atoms with Crippen molar-refractivity contribution in [3.05, 3.63) is 126 Å². The van der Waals surface area contributed by atoms with Crippen molar-refractivity contribution in [3.8, 4) is 5.75 Å². The molecule has 0 fully saturated rings. The zero-order valence-electron chi connectivity index (χ0n) is 18.4. The fourth-order valence-corrected chi connectivity index (χ4v) is 3.26. The molecule has 0 aliphatic carbocycles. The van der Waals surface area contributed by atoms with E-state index in [4.69, 9.17) is 4.74 Å². The number of hydrazone groups is 1. The summed E-state index contributed by atoms with van der Waals surface area (Å²) in [7, 11) is 2.02. The van der Waals surface area contributed by atoms with Crippen LogP contribution in [0.2, 0.25) is 0 Å². The van der Waals surface area contributed by atoms with E-state index in [1.807, 2.05) is 79.8 Å². The minimum absolute atomic E-state index is 0.277. The van der Waals surface area contributed by atoms with Crippen molar-refractivity contribution in [1.82, 2.24) is 5.43 Å². The number of hydrogen-bond acceptors (Lipinski definition) is 4. The van der Waals surface area contributed by atoms with Crippen molar-refractivity contribution >= 4 is 23.5 Å². The summed E-state index contributed by atoms with van der Waals surface area (Å²) in [6, 6.07) is 35.1. The molecule has 0 unspecified atom stereocenters. The summed E-state index contributed by atoms with van der Waals surface area (Å²) in [6.45, 7) is 0.483. The Bertz CT molecular complexity index is 1190. The van der Waals surface area contributed by atoms with E-state index < -0.39 is 0 Å². The summed E-state index contributed by atoms with van der Waals surface area (Å²) < 4.78 is 5.76. The zero-order valence-corrected chi connectivity index (χ0v) is 18.4. The molecule has 5 nitrogen and oxygen atoms in total. The number of nitrogens with zero attached hydrogens (tertiary/aromatic N) is 2. The second-order valence-electron chi connectivity index (χ2n) is 7.48. The van der Waals surface area contributed by atoms with Gasteiger partial charge in [-0.2, -0.15) is 5.10 Å². The van der Waals surface area contributed by atoms with Gasteiger partial charge in [-0.1, -0.05) is 60.7 Å². The number of amides is 1. The minimum atomic E-state index is -0.277. The molecule has 0 radical (unpaired) electrons. The second kappa shape index (κ2) is 10.8. The molecule has 0 aliphatic heterocycles. The molecule has 0 saturated heterocycles. The number of para-hydroxylation sites is 1. The molecule has 164 valence electrons. The van der Waals surface area contributed by atoms with E-state index in [1.165, 1.54) is 0 Å². The number of anilines is 2. The highest BCUT2D eigenvalue weighted by Crippen LogP contribution is 2.23. The molecule has 1 N–H and O–H groups in total. The van der Waals surface area contributed by atoms with Gasteiger partial charge in [0.05, 0.1) is 6.21 Å². The lowest BCUT2D eigenvalue weighted by molar-refractivity contribution is 0.0955. The molecule has 1 amide bonds. The van der Waals surface area contributed by atoms with E-state index >= 15 is 0 Å². The Hall–Kier alpha value is -4.38. The fourth-order valence-electron chi connectivity index (χ4n) is 3.26. The standard InChI is InChI=1S/C28H25N3O2/c1-31(25-10-6-3-7-11-25)26-16-12-22(13-17-26)20-29-30-28(32)24-14-18-27(19-15-24)33-21-23-8-4-2-5-9-23/h2-20H,21H2,1H3,(H,30,32)/b29-20+. The summed E-state index contributed by atoms with van der Waals surface area (Å²) >= 11 is 0. The van der Waals surface area contributed by atoms with Gasteiger partial charge < -0.3 is 9.64 Å². The Morgan fingerprint density at radius 3 is 2.09 bits per heavy atom. The van der Waals surface area contributed by atoms with Gasteiger partial charge in [0.15, 0.2) is 0 Å². The minimum Gasteiger partial charge on any atom is -0.489 e. The van der Waals surface area contributed by atoms with Gasteiger partial charge in [-0.05, 0) is 59.7 Å². The molecule has 4 aromatic carbocycles. The summed E-state index contributed by atoms with van der Waals surface area (Å²) in [4.78, 5) is 14.5. The second-order valence-corrected chi connectivity index (χ2v) is 7.48. The van der Waals surface area contributed by atoms with Crippen LogP contribution in [-0.2, 0) is 6.61 Å². The fraction of sp³-hybridized carbons (Fsp3) is 0.0714. The molecule has 0 atom stereocenters. The topological polar surface area (TPSA) is 53.9 Å². The lowest BCUT2D eigenvalue weighted by Crippen LogP contribution is -2.17. The van der Waals surface area contributed by atoms with Gasteiger partial charge in [-0.15, -0.1) is 0 Å². The number of hydrogen-bond donors (Lipinski definition) is 1. The van der Waals surface area contributed by atoms with Gasteiger partial charge in [0.1, 0.15) is 12.4 Å². The van der Waals surface area contributed by atoms with Gasteiger partial charge in [0.25, 0.3) is 5.91 Å². The monoisotopic (exact) mass is 435 g/mol. The van der Waals surface area contributed by atoms with E-state index in [-0.39, 0.29) is 5.91 Å². The molecular weight excluding hydrogens is 410 g/mol. The number of carbonyl (C=O) groups excluding carboxylic acids is 1. The molecule has 33 heavy (non-hydrogen) atoms. The van der Waals surface area contributed by atoms with Crippen molar-refractivity contribution in [1.29, 1.82) is 0 Å². The maximum atomic E-state index is 12.4. The first-order valence-corrected chi connectivity index (χ1v) is 10.7. The number of benzene rings is 4. The Morgan fingerprint density at radius 2 is 1.42 bits per heavy atom. The number of ether oxygens (including phenoxy) is 1. The van der Waals surface area contributed by atoms with Crippen LogP contribution < -0.4 is 15.1 Å². The van der Waals surface area contributed by atoms with Gasteiger partial charge in [0.2, 0.25) is 0 Å². The Balaban J connectivity index is 1.28. The van der Waals surface area contributed by atoms with Crippen LogP contribution in [0.4, 0.5) is 11.4 Å². The molecule has 4 aromatic rings. The summed E-state index contributed by atoms with van der Waals surface area (Å²) in [5.41, 5.74) is 7.25. The predicted octanol–water partition coefficient (Wildman–Crippen LogP) is 5.80. The van der Waals surface area contributed by atoms with Gasteiger partial charge in [0, 0.05) is 24.0 Å². The molecule has 4 rings (SSSR count). The van der Waals surface area contributed by atoms with Crippen LogP contribution in [0.25, 0.3) is 0 Å². The van der Waals surface area contributed by atoms with Crippen LogP contribution in [0.3, 0.4) is 0 Å². The molecule has 0 spiro atoms. The van der Waals surface area contributed by atoms with Crippen molar-refractivity contribution in [2.24, 2.45) is 5.10 Å². The van der Waals surface area contributed by atoms with E-state index in [9.17, 15) is 4.79 Å². The van der Waals surface area contributed by atoms with Crippen molar-refractivity contribution in [3.63, 3.8) is 0 Å². The van der Waals surface area contributed by atoms with Crippen LogP contribution >= 0.6 is 0 Å². The van der Waals surface area contributed by atoms with E-state index in [1.54, 1.807) is 30.5 Å². The Morgan fingerprint density at radius 1 is 0.818 bits per heavy atom. The number of rotatable bonds is 8. The average Bonchev–Trinajstić information content (AvgIpc) is 2.89. The van der Waals surface area contributed by atoms with Gasteiger partial charge in [-0.25, -0.2) is 5.43 Å². The molecule has 0 heterocycles. The van der Waals surface area contributed by atoms with Crippen molar-refractivity contribution in [2.75, 3.05) is 11.9 Å². The molecule has 0 aromatic heterocycles. The lowest BCUT2D eigenvalue weighted by Gasteiger charge is -2.19. The third kappa shape index (κ3) is 6.08. The maximum Gasteiger partial charge on any atom is 0.271 e. The van der Waals surface area contributed by atoms with Crippen LogP contribution in [0.15, 0.2) is 114 Å². The van der Waals surface area contributed by atoms with Gasteiger partial charge in [-0.3, -0.25) is 4.79 Å². The van der Waals surface area contributed by atoms with Crippen LogP contribution in [0.1, 0.15) is 21.5 Å². The van der Waals surface area contributed by atoms with E-state index in [0.29, 0.717) is 17.9 Å². The maximum absolute atomic E-state index is 12.4. The highest BCUT2D eigenvalue weighted by Gasteiger charge is 2.05. The first kappa shape index (κ1) is 21.8. The molecule has 0 aliphatic rings. The molecular formula is C28H25N3O2. The quantitative estimate of drug-likeness (QED) is 0.281. The summed E-state index contributed by atoms with van der Waals surface area (Å²) in [5, 5.41) is 4.08. The average molecular weight is 436 g/mol. The number of nitrogens with one attached hydrogen (secondary N) is 1. The van der Waals surface area contributed by atoms with E-state index in [0.717, 1.165) is 22.5 Å². The van der Waals surface area contributed by atoms with Crippen LogP contribution in [-0.4, -0.2) is 19.2 Å². The van der Waals surface area contributed by atoms with Gasteiger partial charge >= 0.3 is 0 Å². The van der Waals surface area contributed by atoms with E-state index in [2.05, 4.69) is 27.6 Å². The predicted molar refractivity (Wildman–Crippen MR) is 133 cm³/mol. The smallest absolute Gasteiger partial charge is 0.271 e. The summed E-state index contributed by atoms with van der Waals surface area (Å²) in [6.07, 6.45) is 1.63. The Kier molecular flexibility index (Phi) is 7.13. The van der Waals surface area contributed by atoms with Crippen LogP contribution in [0, 0.1) is 0 Å². The normalized spacial score (nSPS) is 10.7. The third-order valence-electron chi connectivity index (χ3n) is 5.17. The Labute approximate surface area is 194 Å². The zero-order chi connectivity index (χ0) is 22.9. The molecule has 5 heteroatoms. The SMILES string of the molecule is CN(c1ccccc1)c1ccc(/C=N/NC(=O)c2ccc(OCc3ccccc3)cc2)cc1. The highest BCUT2D eigenvalue weighted by atomic mass is 16.5. The first-order valence-electron chi connectivity index (χ1n) is 10.7.